The van der Waals surface area contributed by atoms with Gasteiger partial charge in [-0.05, 0) is 38.5 Å². The molecule has 1 aliphatic heterocycles. The molecule has 4 aromatic rings. The lowest BCUT2D eigenvalue weighted by Gasteiger charge is -2.14. The van der Waals surface area contributed by atoms with Gasteiger partial charge in [0.1, 0.15) is 17.8 Å². The summed E-state index contributed by atoms with van der Waals surface area (Å²) in [6.07, 6.45) is 1.49. The lowest BCUT2D eigenvalue weighted by Crippen LogP contribution is -2.27. The van der Waals surface area contributed by atoms with Crippen molar-refractivity contribution in [3.63, 3.8) is 0 Å². The van der Waals surface area contributed by atoms with Gasteiger partial charge in [-0.2, -0.15) is 0 Å². The summed E-state index contributed by atoms with van der Waals surface area (Å²) in [5.74, 6) is 0.429. The average molecular weight is 360 g/mol. The molecule has 1 aromatic carbocycles. The zero-order chi connectivity index (χ0) is 18.9. The molecular weight excluding hydrogens is 340 g/mol. The molecule has 0 bridgehead atoms. The maximum atomic E-state index is 12.9. The molecule has 0 spiro atoms. The van der Waals surface area contributed by atoms with E-state index in [1.807, 2.05) is 19.1 Å². The maximum Gasteiger partial charge on any atom is 0.326 e. The summed E-state index contributed by atoms with van der Waals surface area (Å²) in [7, 11) is 0. The molecule has 0 aliphatic carbocycles. The first-order valence-electron chi connectivity index (χ1n) is 9.01. The molecule has 0 atom stereocenters. The Bertz CT molecular complexity index is 1250. The number of nitrogen functional groups attached to an aromatic ring is 1. The fourth-order valence-corrected chi connectivity index (χ4v) is 4.16. The van der Waals surface area contributed by atoms with Gasteiger partial charge in [0.15, 0.2) is 0 Å². The highest BCUT2D eigenvalue weighted by atomic mass is 16.2. The molecule has 4 heterocycles. The molecule has 0 fully saturated rings. The molecule has 1 aliphatic rings. The van der Waals surface area contributed by atoms with E-state index in [-0.39, 0.29) is 12.1 Å². The van der Waals surface area contributed by atoms with Crippen LogP contribution in [-0.4, -0.2) is 25.1 Å². The molecule has 0 saturated carbocycles. The third kappa shape index (κ3) is 2.05. The molecule has 0 unspecified atom stereocenters. The smallest absolute Gasteiger partial charge is 0.326 e. The van der Waals surface area contributed by atoms with Crippen LogP contribution >= 0.6 is 0 Å². The number of anilines is 1. The average Bonchev–Trinajstić information content (AvgIpc) is 3.11. The number of aromatic nitrogens is 4. The Morgan fingerprint density at radius 1 is 1.22 bits per heavy atom. The van der Waals surface area contributed by atoms with Gasteiger partial charge in [0.05, 0.1) is 23.1 Å². The number of nitrogens with zero attached hydrogens (tertiary/aromatic N) is 4. The molecule has 27 heavy (non-hydrogen) atoms. The van der Waals surface area contributed by atoms with E-state index in [2.05, 4.69) is 45.8 Å². The van der Waals surface area contributed by atoms with Crippen LogP contribution < -0.4 is 11.1 Å². The van der Waals surface area contributed by atoms with Crippen LogP contribution in [0, 0.1) is 6.92 Å². The monoisotopic (exact) mass is 360 g/mol. The minimum atomic E-state index is -0.138. The Balaban J connectivity index is 2.00. The minimum absolute atomic E-state index is 0.138. The highest BCUT2D eigenvalue weighted by Crippen LogP contribution is 2.41. The highest BCUT2D eigenvalue weighted by Gasteiger charge is 2.30. The van der Waals surface area contributed by atoms with Gasteiger partial charge in [0.25, 0.3) is 0 Å². The van der Waals surface area contributed by atoms with Gasteiger partial charge >= 0.3 is 6.03 Å². The SMILES string of the molecule is Cc1ccc2cc3n(c2c1)C(=O)NCc1c-3c2c(N)ncnc2n1C(C)C. The first-order valence-corrected chi connectivity index (χ1v) is 9.01. The summed E-state index contributed by atoms with van der Waals surface area (Å²) in [5, 5.41) is 4.86. The van der Waals surface area contributed by atoms with E-state index < -0.39 is 0 Å². The fraction of sp³-hybridized carbons (Fsp3) is 0.250. The van der Waals surface area contributed by atoms with Crippen LogP contribution in [0.4, 0.5) is 10.6 Å². The third-order valence-electron chi connectivity index (χ3n) is 5.26. The normalized spacial score (nSPS) is 13.7. The predicted octanol–water partition coefficient (Wildman–Crippen LogP) is 3.60. The number of hydrogen-bond donors (Lipinski definition) is 2. The molecule has 0 radical (unpaired) electrons. The van der Waals surface area contributed by atoms with Gasteiger partial charge < -0.3 is 15.6 Å². The van der Waals surface area contributed by atoms with Crippen molar-refractivity contribution in [1.82, 2.24) is 24.4 Å². The van der Waals surface area contributed by atoms with Gasteiger partial charge in [0, 0.05) is 22.7 Å². The standard InChI is InChI=1S/C20H20N6O/c1-10(2)25-15-8-22-20(27)26-13-6-11(3)4-5-12(13)7-14(26)16(15)17-18(21)23-9-24-19(17)25/h4-7,9-10H,8H2,1-3H3,(H,22,27)(H2,21,23,24). The van der Waals surface area contributed by atoms with Crippen LogP contribution in [0.1, 0.15) is 31.1 Å². The number of aryl methyl sites for hydroxylation is 1. The second-order valence-electron chi connectivity index (χ2n) is 7.33. The van der Waals surface area contributed by atoms with Crippen LogP contribution in [0.15, 0.2) is 30.6 Å². The van der Waals surface area contributed by atoms with Crippen molar-refractivity contribution in [3.05, 3.63) is 41.9 Å². The number of carbonyl (C=O) groups is 1. The first-order chi connectivity index (χ1) is 13.0. The lowest BCUT2D eigenvalue weighted by atomic mass is 10.1. The Morgan fingerprint density at radius 3 is 2.81 bits per heavy atom. The maximum absolute atomic E-state index is 12.9. The molecule has 5 rings (SSSR count). The van der Waals surface area contributed by atoms with Gasteiger partial charge in [0.2, 0.25) is 0 Å². The van der Waals surface area contributed by atoms with Crippen molar-refractivity contribution in [2.75, 3.05) is 5.73 Å². The van der Waals surface area contributed by atoms with E-state index in [4.69, 9.17) is 5.73 Å². The van der Waals surface area contributed by atoms with Gasteiger partial charge in [-0.1, -0.05) is 12.1 Å². The lowest BCUT2D eigenvalue weighted by molar-refractivity contribution is 0.243. The van der Waals surface area contributed by atoms with Crippen LogP contribution in [0.5, 0.6) is 0 Å². The number of carbonyl (C=O) groups excluding carboxylic acids is 1. The summed E-state index contributed by atoms with van der Waals surface area (Å²) in [6, 6.07) is 8.21. The summed E-state index contributed by atoms with van der Waals surface area (Å²) in [6.45, 7) is 6.64. The first kappa shape index (κ1) is 15.9. The summed E-state index contributed by atoms with van der Waals surface area (Å²) in [4.78, 5) is 21.7. The van der Waals surface area contributed by atoms with Crippen LogP contribution in [0.25, 0.3) is 33.2 Å². The molecule has 7 heteroatoms. The highest BCUT2D eigenvalue weighted by molar-refractivity contribution is 6.08. The fourth-order valence-electron chi connectivity index (χ4n) is 4.16. The Hall–Kier alpha value is -3.35. The third-order valence-corrected chi connectivity index (χ3v) is 5.26. The number of amides is 1. The molecular formula is C20H20N6O. The van der Waals surface area contributed by atoms with Gasteiger partial charge in [-0.25, -0.2) is 14.8 Å². The quantitative estimate of drug-likeness (QED) is 0.543. The Morgan fingerprint density at radius 2 is 2.04 bits per heavy atom. The van der Waals surface area contributed by atoms with Crippen molar-refractivity contribution >= 4 is 33.8 Å². The van der Waals surface area contributed by atoms with E-state index in [9.17, 15) is 4.79 Å². The minimum Gasteiger partial charge on any atom is -0.383 e. The zero-order valence-corrected chi connectivity index (χ0v) is 15.4. The van der Waals surface area contributed by atoms with Crippen LogP contribution in [0.2, 0.25) is 0 Å². The molecule has 3 N–H and O–H groups in total. The Kier molecular flexibility index (Phi) is 3.13. The molecule has 1 amide bonds. The van der Waals surface area contributed by atoms with Crippen molar-refractivity contribution in [2.45, 2.75) is 33.4 Å². The number of nitrogens with one attached hydrogen (secondary N) is 1. The molecule has 0 saturated heterocycles. The van der Waals surface area contributed by atoms with Crippen molar-refractivity contribution in [3.8, 4) is 11.3 Å². The number of nitrogens with two attached hydrogens (primary N) is 1. The van der Waals surface area contributed by atoms with E-state index in [1.54, 1.807) is 4.57 Å². The Labute approximate surface area is 155 Å². The predicted molar refractivity (Wildman–Crippen MR) is 106 cm³/mol. The second-order valence-corrected chi connectivity index (χ2v) is 7.33. The van der Waals surface area contributed by atoms with Crippen molar-refractivity contribution in [2.24, 2.45) is 0 Å². The topological polar surface area (TPSA) is 90.8 Å². The van der Waals surface area contributed by atoms with Crippen molar-refractivity contribution < 1.29 is 4.79 Å². The summed E-state index contributed by atoms with van der Waals surface area (Å²) in [5.41, 5.74) is 11.8. The number of benzene rings is 1. The largest absolute Gasteiger partial charge is 0.383 e. The summed E-state index contributed by atoms with van der Waals surface area (Å²) < 4.78 is 3.88. The molecule has 136 valence electrons. The number of hydrogen-bond acceptors (Lipinski definition) is 4. The van der Waals surface area contributed by atoms with Crippen LogP contribution in [0.3, 0.4) is 0 Å². The number of fused-ring (bicyclic) bond motifs is 7. The number of rotatable bonds is 1. The zero-order valence-electron chi connectivity index (χ0n) is 15.4. The van der Waals surface area contributed by atoms with Crippen molar-refractivity contribution in [1.29, 1.82) is 0 Å². The second kappa shape index (κ2) is 5.33. The van der Waals surface area contributed by atoms with E-state index in [1.165, 1.54) is 6.33 Å². The van der Waals surface area contributed by atoms with Gasteiger partial charge in [-0.15, -0.1) is 0 Å². The molecule has 3 aromatic heterocycles. The van der Waals surface area contributed by atoms with E-state index in [0.717, 1.165) is 44.5 Å². The van der Waals surface area contributed by atoms with E-state index in [0.29, 0.717) is 12.4 Å². The summed E-state index contributed by atoms with van der Waals surface area (Å²) >= 11 is 0. The van der Waals surface area contributed by atoms with Crippen LogP contribution in [-0.2, 0) is 6.54 Å². The molecule has 7 nitrogen and oxygen atoms in total. The van der Waals surface area contributed by atoms with Gasteiger partial charge in [-0.3, -0.25) is 4.57 Å². The van der Waals surface area contributed by atoms with E-state index >= 15 is 0 Å².